The van der Waals surface area contributed by atoms with E-state index in [0.29, 0.717) is 22.9 Å². The molecule has 0 aromatic carbocycles. The van der Waals surface area contributed by atoms with Gasteiger partial charge in [-0.25, -0.2) is 9.20 Å². The van der Waals surface area contributed by atoms with Gasteiger partial charge in [0.25, 0.3) is 0 Å². The Kier molecular flexibility index (Phi) is 6.60. The van der Waals surface area contributed by atoms with Crippen molar-refractivity contribution in [1.29, 1.82) is 5.26 Å². The van der Waals surface area contributed by atoms with E-state index in [9.17, 15) is 5.26 Å². The molecule has 0 spiro atoms. The average Bonchev–Trinajstić information content (AvgIpc) is 3.52. The molecule has 12 heteroatoms. The fourth-order valence-electron chi connectivity index (χ4n) is 4.11. The summed E-state index contributed by atoms with van der Waals surface area (Å²) >= 11 is 1.49. The number of pyridine rings is 1. The van der Waals surface area contributed by atoms with E-state index in [1.54, 1.807) is 10.7 Å². The Bertz CT molecular complexity index is 1320. The third-order valence-corrected chi connectivity index (χ3v) is 6.75. The standard InChI is InChI=1S/C21H23N9OS.ClH/c1-12-19(26-28-30(12)17-4-6-23-7-5-17)15-8-18(20-16(9-22)10-24-29(20)11-15)31-13(2)21-27-25-14(3)32-21;/h8,10-11,13,17,23H,4-7H2,1-3H3;1H. The first-order valence-electron chi connectivity index (χ1n) is 10.6. The van der Waals surface area contributed by atoms with Gasteiger partial charge in [-0.15, -0.1) is 27.7 Å². The molecule has 1 saturated heterocycles. The summed E-state index contributed by atoms with van der Waals surface area (Å²) in [5, 5.41) is 36.2. The van der Waals surface area contributed by atoms with E-state index < -0.39 is 0 Å². The van der Waals surface area contributed by atoms with Crippen LogP contribution in [-0.2, 0) is 0 Å². The van der Waals surface area contributed by atoms with Gasteiger partial charge in [0.1, 0.15) is 39.7 Å². The monoisotopic (exact) mass is 485 g/mol. The van der Waals surface area contributed by atoms with E-state index in [-0.39, 0.29) is 18.5 Å². The first kappa shape index (κ1) is 23.1. The molecule has 0 radical (unpaired) electrons. The highest BCUT2D eigenvalue weighted by Crippen LogP contribution is 2.34. The molecule has 5 rings (SSSR count). The zero-order chi connectivity index (χ0) is 22.2. The van der Waals surface area contributed by atoms with Crippen molar-refractivity contribution in [2.24, 2.45) is 0 Å². The molecule has 1 aliphatic heterocycles. The molecule has 33 heavy (non-hydrogen) atoms. The summed E-state index contributed by atoms with van der Waals surface area (Å²) in [7, 11) is 0. The normalized spacial score (nSPS) is 15.2. The van der Waals surface area contributed by atoms with Gasteiger partial charge in [-0.05, 0) is 52.8 Å². The van der Waals surface area contributed by atoms with Crippen LogP contribution in [0.5, 0.6) is 5.75 Å². The maximum atomic E-state index is 9.57. The summed E-state index contributed by atoms with van der Waals surface area (Å²) in [6.45, 7) is 7.83. The fourth-order valence-corrected chi connectivity index (χ4v) is 4.79. The van der Waals surface area contributed by atoms with E-state index in [4.69, 9.17) is 4.74 Å². The number of fused-ring (bicyclic) bond motifs is 1. The summed E-state index contributed by atoms with van der Waals surface area (Å²) in [5.74, 6) is 0.549. The van der Waals surface area contributed by atoms with E-state index in [1.165, 1.54) is 11.3 Å². The molecule has 172 valence electrons. The van der Waals surface area contributed by atoms with Gasteiger partial charge in [0.2, 0.25) is 0 Å². The Hall–Kier alpha value is -3.07. The van der Waals surface area contributed by atoms with Crippen molar-refractivity contribution in [2.45, 2.75) is 45.8 Å². The minimum Gasteiger partial charge on any atom is -0.481 e. The van der Waals surface area contributed by atoms with E-state index in [1.807, 2.05) is 37.7 Å². The molecule has 10 nitrogen and oxygen atoms in total. The Morgan fingerprint density at radius 2 is 2.03 bits per heavy atom. The maximum absolute atomic E-state index is 9.57. The fraction of sp³-hybridized carbons (Fsp3) is 0.429. The Morgan fingerprint density at radius 3 is 2.73 bits per heavy atom. The zero-order valence-corrected chi connectivity index (χ0v) is 20.2. The highest BCUT2D eigenvalue weighted by molar-refractivity contribution is 7.11. The SMILES string of the molecule is Cc1nnc(C(C)Oc2cc(-c3nnn(C4CCNCC4)c3C)cn3ncc(C#N)c23)s1.Cl. The smallest absolute Gasteiger partial charge is 0.157 e. The Morgan fingerprint density at radius 1 is 1.24 bits per heavy atom. The van der Waals surface area contributed by atoms with E-state index in [2.05, 4.69) is 37.0 Å². The second-order valence-electron chi connectivity index (χ2n) is 7.92. The minimum atomic E-state index is -0.326. The molecule has 0 aliphatic carbocycles. The lowest BCUT2D eigenvalue weighted by Gasteiger charge is -2.23. The molecule has 5 heterocycles. The van der Waals surface area contributed by atoms with Crippen LogP contribution in [0.25, 0.3) is 16.8 Å². The summed E-state index contributed by atoms with van der Waals surface area (Å²) < 4.78 is 9.98. The number of aromatic nitrogens is 7. The van der Waals surface area contributed by atoms with Crippen molar-refractivity contribution >= 4 is 29.3 Å². The number of halogens is 1. The molecule has 1 N–H and O–H groups in total. The second kappa shape index (κ2) is 9.43. The van der Waals surface area contributed by atoms with Crippen LogP contribution in [0.3, 0.4) is 0 Å². The average molecular weight is 486 g/mol. The number of nitrogens with zero attached hydrogens (tertiary/aromatic N) is 8. The van der Waals surface area contributed by atoms with Crippen LogP contribution in [0.1, 0.15) is 53.2 Å². The third-order valence-electron chi connectivity index (χ3n) is 5.75. The first-order chi connectivity index (χ1) is 15.5. The van der Waals surface area contributed by atoms with Gasteiger partial charge in [0.15, 0.2) is 5.01 Å². The lowest BCUT2D eigenvalue weighted by atomic mass is 10.1. The molecule has 1 fully saturated rings. The third kappa shape index (κ3) is 4.29. The van der Waals surface area contributed by atoms with Crippen molar-refractivity contribution in [3.63, 3.8) is 0 Å². The van der Waals surface area contributed by atoms with Gasteiger partial charge in [-0.1, -0.05) is 16.6 Å². The largest absolute Gasteiger partial charge is 0.481 e. The summed E-state index contributed by atoms with van der Waals surface area (Å²) in [6.07, 6.45) is 5.14. The summed E-state index contributed by atoms with van der Waals surface area (Å²) in [6, 6.07) is 4.45. The molecule has 0 amide bonds. The van der Waals surface area contributed by atoms with Crippen LogP contribution in [0, 0.1) is 25.2 Å². The molecule has 1 aliphatic rings. The zero-order valence-electron chi connectivity index (χ0n) is 18.5. The summed E-state index contributed by atoms with van der Waals surface area (Å²) in [4.78, 5) is 0. The van der Waals surface area contributed by atoms with Gasteiger partial charge >= 0.3 is 0 Å². The van der Waals surface area contributed by atoms with E-state index >= 15 is 0 Å². The first-order valence-corrected chi connectivity index (χ1v) is 11.4. The Balaban J connectivity index is 0.00000259. The molecule has 0 bridgehead atoms. The number of hydrogen-bond acceptors (Lipinski definition) is 9. The van der Waals surface area contributed by atoms with Crippen LogP contribution < -0.4 is 10.1 Å². The van der Waals surface area contributed by atoms with Crippen molar-refractivity contribution < 1.29 is 4.74 Å². The highest BCUT2D eigenvalue weighted by Gasteiger charge is 2.23. The number of nitriles is 1. The van der Waals surface area contributed by atoms with Crippen molar-refractivity contribution in [2.75, 3.05) is 13.1 Å². The second-order valence-corrected chi connectivity index (χ2v) is 9.14. The van der Waals surface area contributed by atoms with E-state index in [0.717, 1.165) is 52.9 Å². The Labute approximate surface area is 201 Å². The van der Waals surface area contributed by atoms with Gasteiger partial charge in [-0.3, -0.25) is 0 Å². The van der Waals surface area contributed by atoms with Gasteiger partial charge in [0, 0.05) is 11.8 Å². The van der Waals surface area contributed by atoms with Gasteiger partial charge in [-0.2, -0.15) is 10.4 Å². The molecule has 0 saturated carbocycles. The predicted octanol–water partition coefficient (Wildman–Crippen LogP) is 3.42. The number of rotatable bonds is 5. The lowest BCUT2D eigenvalue weighted by molar-refractivity contribution is 0.227. The van der Waals surface area contributed by atoms with Gasteiger partial charge < -0.3 is 10.1 Å². The van der Waals surface area contributed by atoms with Crippen LogP contribution in [0.15, 0.2) is 18.5 Å². The quantitative estimate of drug-likeness (QED) is 0.456. The molecular formula is C21H24ClN9OS. The van der Waals surface area contributed by atoms with Crippen LogP contribution in [0.4, 0.5) is 0 Å². The number of nitrogens with one attached hydrogen (secondary N) is 1. The van der Waals surface area contributed by atoms with Crippen LogP contribution >= 0.6 is 23.7 Å². The number of ether oxygens (including phenoxy) is 1. The van der Waals surface area contributed by atoms with Crippen molar-refractivity contribution in [3.05, 3.63) is 39.7 Å². The lowest BCUT2D eigenvalue weighted by Crippen LogP contribution is -2.30. The molecule has 1 atom stereocenters. The van der Waals surface area contributed by atoms with Gasteiger partial charge in [0.05, 0.1) is 17.9 Å². The predicted molar refractivity (Wildman–Crippen MR) is 126 cm³/mol. The molecule has 4 aromatic rings. The van der Waals surface area contributed by atoms with Crippen molar-refractivity contribution in [3.8, 4) is 23.1 Å². The molecular weight excluding hydrogens is 462 g/mol. The molecule has 4 aromatic heterocycles. The van der Waals surface area contributed by atoms with Crippen LogP contribution in [-0.4, -0.2) is 47.9 Å². The maximum Gasteiger partial charge on any atom is 0.157 e. The van der Waals surface area contributed by atoms with Crippen LogP contribution in [0.2, 0.25) is 0 Å². The number of aryl methyl sites for hydroxylation is 1. The minimum absolute atomic E-state index is 0. The molecule has 1 unspecified atom stereocenters. The number of piperidine rings is 1. The summed E-state index contributed by atoms with van der Waals surface area (Å²) in [5.41, 5.74) is 3.68. The van der Waals surface area contributed by atoms with Crippen molar-refractivity contribution in [1.82, 2.24) is 40.1 Å². The number of hydrogen-bond donors (Lipinski definition) is 1. The highest BCUT2D eigenvalue weighted by atomic mass is 35.5. The topological polar surface area (TPSA) is 119 Å².